The van der Waals surface area contributed by atoms with Crippen LogP contribution in [0.3, 0.4) is 0 Å². The van der Waals surface area contributed by atoms with Crippen LogP contribution in [0.2, 0.25) is 0 Å². The number of hydrogen-bond donors (Lipinski definition) is 2. The highest BCUT2D eigenvalue weighted by molar-refractivity contribution is 5.98. The summed E-state index contributed by atoms with van der Waals surface area (Å²) >= 11 is 0. The van der Waals surface area contributed by atoms with E-state index in [4.69, 9.17) is 9.47 Å². The van der Waals surface area contributed by atoms with E-state index in [9.17, 15) is 4.79 Å². The van der Waals surface area contributed by atoms with Gasteiger partial charge >= 0.3 is 0 Å². The predicted molar refractivity (Wildman–Crippen MR) is 109 cm³/mol. The van der Waals surface area contributed by atoms with Gasteiger partial charge in [0.2, 0.25) is 0 Å². The van der Waals surface area contributed by atoms with Crippen molar-refractivity contribution in [3.05, 3.63) is 65.4 Å². The second-order valence-electron chi connectivity index (χ2n) is 6.92. The van der Waals surface area contributed by atoms with Gasteiger partial charge in [0.05, 0.1) is 12.8 Å². The number of para-hydroxylation sites is 1. The van der Waals surface area contributed by atoms with Crippen LogP contribution in [0, 0.1) is 6.92 Å². The molecule has 1 amide bonds. The number of hydrazone groups is 1. The van der Waals surface area contributed by atoms with Gasteiger partial charge in [-0.05, 0) is 36.6 Å². The molecule has 144 valence electrons. The normalized spacial score (nSPS) is 16.7. The van der Waals surface area contributed by atoms with Gasteiger partial charge in [-0.1, -0.05) is 30.3 Å². The number of aromatic amines is 1. The standard InChI is InChI=1S/C22H23N3O3/c1-15-4-2-6-19(17-9-11-27-13-17)22(15)28-14-21(26)25-24-12-16-5-3-7-20-18(16)8-10-23-20/h2-8,10,12,17,23H,9,11,13-14H2,1H3,(H,25,26)/b24-12+. The number of nitrogens with zero attached hydrogens (tertiary/aromatic N) is 1. The molecule has 28 heavy (non-hydrogen) atoms. The molecule has 3 aromatic rings. The number of rotatable bonds is 6. The monoisotopic (exact) mass is 377 g/mol. The van der Waals surface area contributed by atoms with Crippen LogP contribution in [0.5, 0.6) is 5.75 Å². The number of hydrogen-bond acceptors (Lipinski definition) is 4. The van der Waals surface area contributed by atoms with Crippen LogP contribution in [-0.2, 0) is 9.53 Å². The van der Waals surface area contributed by atoms with Gasteiger partial charge in [-0.25, -0.2) is 5.43 Å². The number of aryl methyl sites for hydroxylation is 1. The third kappa shape index (κ3) is 3.92. The zero-order valence-electron chi connectivity index (χ0n) is 15.8. The Balaban J connectivity index is 1.38. The van der Waals surface area contributed by atoms with Gasteiger partial charge in [-0.2, -0.15) is 5.10 Å². The molecule has 2 heterocycles. The highest BCUT2D eigenvalue weighted by Crippen LogP contribution is 2.34. The van der Waals surface area contributed by atoms with E-state index >= 15 is 0 Å². The largest absolute Gasteiger partial charge is 0.483 e. The van der Waals surface area contributed by atoms with Gasteiger partial charge in [-0.3, -0.25) is 4.79 Å². The molecule has 2 aromatic carbocycles. The smallest absolute Gasteiger partial charge is 0.277 e. The van der Waals surface area contributed by atoms with Crippen molar-refractivity contribution < 1.29 is 14.3 Å². The summed E-state index contributed by atoms with van der Waals surface area (Å²) in [7, 11) is 0. The number of carbonyl (C=O) groups is 1. The number of H-pyrrole nitrogens is 1. The lowest BCUT2D eigenvalue weighted by Crippen LogP contribution is -2.25. The summed E-state index contributed by atoms with van der Waals surface area (Å²) in [6.45, 7) is 3.36. The molecule has 1 aliphatic heterocycles. The molecule has 4 rings (SSSR count). The lowest BCUT2D eigenvalue weighted by atomic mass is 9.95. The van der Waals surface area contributed by atoms with Crippen molar-refractivity contribution in [3.8, 4) is 5.75 Å². The summed E-state index contributed by atoms with van der Waals surface area (Å²) in [6, 6.07) is 13.9. The Labute approximate surface area is 163 Å². The van der Waals surface area contributed by atoms with Crippen molar-refractivity contribution in [1.29, 1.82) is 0 Å². The van der Waals surface area contributed by atoms with E-state index < -0.39 is 0 Å². The fourth-order valence-electron chi connectivity index (χ4n) is 3.54. The number of fused-ring (bicyclic) bond motifs is 1. The maximum atomic E-state index is 12.2. The zero-order chi connectivity index (χ0) is 19.3. The molecule has 1 saturated heterocycles. The van der Waals surface area contributed by atoms with Crippen LogP contribution < -0.4 is 10.2 Å². The third-order valence-electron chi connectivity index (χ3n) is 4.98. The number of nitrogens with one attached hydrogen (secondary N) is 2. The summed E-state index contributed by atoms with van der Waals surface area (Å²) < 4.78 is 11.4. The maximum absolute atomic E-state index is 12.2. The summed E-state index contributed by atoms with van der Waals surface area (Å²) in [4.78, 5) is 15.3. The van der Waals surface area contributed by atoms with Crippen LogP contribution in [0.15, 0.2) is 53.8 Å². The second kappa shape index (κ2) is 8.27. The first-order valence-corrected chi connectivity index (χ1v) is 9.40. The Bertz CT molecular complexity index is 1000. The van der Waals surface area contributed by atoms with E-state index in [0.717, 1.165) is 46.4 Å². The highest BCUT2D eigenvalue weighted by Gasteiger charge is 2.22. The van der Waals surface area contributed by atoms with Crippen molar-refractivity contribution in [2.75, 3.05) is 19.8 Å². The molecule has 0 aliphatic carbocycles. The molecule has 0 radical (unpaired) electrons. The average Bonchev–Trinajstić information content (AvgIpc) is 3.39. The number of amides is 1. The molecule has 0 bridgehead atoms. The Hall–Kier alpha value is -3.12. The Morgan fingerprint density at radius 2 is 2.21 bits per heavy atom. The van der Waals surface area contributed by atoms with Crippen LogP contribution in [0.25, 0.3) is 10.9 Å². The van der Waals surface area contributed by atoms with Gasteiger partial charge < -0.3 is 14.5 Å². The lowest BCUT2D eigenvalue weighted by Gasteiger charge is -2.17. The van der Waals surface area contributed by atoms with Crippen LogP contribution in [-0.4, -0.2) is 36.9 Å². The molecule has 0 spiro atoms. The highest BCUT2D eigenvalue weighted by atomic mass is 16.5. The lowest BCUT2D eigenvalue weighted by molar-refractivity contribution is -0.123. The van der Waals surface area contributed by atoms with E-state index in [2.05, 4.69) is 21.6 Å². The maximum Gasteiger partial charge on any atom is 0.277 e. The van der Waals surface area contributed by atoms with Crippen LogP contribution in [0.1, 0.15) is 29.0 Å². The molecule has 6 heteroatoms. The van der Waals surface area contributed by atoms with E-state index in [1.165, 1.54) is 0 Å². The summed E-state index contributed by atoms with van der Waals surface area (Å²) in [5.41, 5.74) is 6.62. The van der Waals surface area contributed by atoms with Gasteiger partial charge in [-0.15, -0.1) is 0 Å². The van der Waals surface area contributed by atoms with E-state index in [1.807, 2.05) is 49.5 Å². The molecule has 1 aromatic heterocycles. The van der Waals surface area contributed by atoms with Crippen molar-refractivity contribution in [3.63, 3.8) is 0 Å². The molecule has 2 N–H and O–H groups in total. The summed E-state index contributed by atoms with van der Waals surface area (Å²) in [5.74, 6) is 0.793. The minimum atomic E-state index is -0.297. The van der Waals surface area contributed by atoms with Gasteiger partial charge in [0.15, 0.2) is 6.61 Å². The molecular weight excluding hydrogens is 354 g/mol. The molecule has 1 fully saturated rings. The average molecular weight is 377 g/mol. The molecule has 1 unspecified atom stereocenters. The van der Waals surface area contributed by atoms with Crippen LogP contribution in [0.4, 0.5) is 0 Å². The fourth-order valence-corrected chi connectivity index (χ4v) is 3.54. The Morgan fingerprint density at radius 1 is 1.32 bits per heavy atom. The minimum Gasteiger partial charge on any atom is -0.483 e. The summed E-state index contributed by atoms with van der Waals surface area (Å²) in [6.07, 6.45) is 4.49. The van der Waals surface area contributed by atoms with Crippen LogP contribution >= 0.6 is 0 Å². The fraction of sp³-hybridized carbons (Fsp3) is 0.273. The first kappa shape index (κ1) is 18.3. The van der Waals surface area contributed by atoms with Crippen molar-refractivity contribution in [1.82, 2.24) is 10.4 Å². The Morgan fingerprint density at radius 3 is 3.07 bits per heavy atom. The van der Waals surface area contributed by atoms with E-state index in [0.29, 0.717) is 12.5 Å². The van der Waals surface area contributed by atoms with E-state index in [1.54, 1.807) is 6.21 Å². The minimum absolute atomic E-state index is 0.0862. The van der Waals surface area contributed by atoms with E-state index in [-0.39, 0.29) is 12.5 Å². The van der Waals surface area contributed by atoms with Crippen molar-refractivity contribution in [2.45, 2.75) is 19.3 Å². The summed E-state index contributed by atoms with van der Waals surface area (Å²) in [5, 5.41) is 5.12. The third-order valence-corrected chi connectivity index (χ3v) is 4.98. The first-order chi connectivity index (χ1) is 13.7. The number of carbonyl (C=O) groups excluding carboxylic acids is 1. The van der Waals surface area contributed by atoms with Gasteiger partial charge in [0.25, 0.3) is 5.91 Å². The molecule has 1 atom stereocenters. The number of ether oxygens (including phenoxy) is 2. The van der Waals surface area contributed by atoms with Crippen molar-refractivity contribution in [2.24, 2.45) is 5.10 Å². The Kier molecular flexibility index (Phi) is 5.39. The number of aromatic nitrogens is 1. The molecular formula is C22H23N3O3. The van der Waals surface area contributed by atoms with Gasteiger partial charge in [0, 0.05) is 35.2 Å². The molecule has 1 aliphatic rings. The van der Waals surface area contributed by atoms with Gasteiger partial charge in [0.1, 0.15) is 5.75 Å². The first-order valence-electron chi connectivity index (χ1n) is 9.40. The molecule has 0 saturated carbocycles. The van der Waals surface area contributed by atoms with Crippen molar-refractivity contribution >= 4 is 23.0 Å². The second-order valence-corrected chi connectivity index (χ2v) is 6.92. The predicted octanol–water partition coefficient (Wildman–Crippen LogP) is 3.51. The number of benzene rings is 2. The SMILES string of the molecule is Cc1cccc(C2CCOC2)c1OCC(=O)N/N=C/c1cccc2[nH]ccc12. The molecule has 6 nitrogen and oxygen atoms in total. The quantitative estimate of drug-likeness (QED) is 0.510. The zero-order valence-corrected chi connectivity index (χ0v) is 15.8. The topological polar surface area (TPSA) is 75.7 Å².